The molecule has 0 saturated heterocycles. The van der Waals surface area contributed by atoms with Crippen LogP contribution in [0, 0.1) is 35.7 Å². The fourth-order valence-electron chi connectivity index (χ4n) is 2.00. The predicted molar refractivity (Wildman–Crippen MR) is 70.2 cm³/mol. The highest BCUT2D eigenvalue weighted by Crippen LogP contribution is 2.23. The quantitative estimate of drug-likeness (QED) is 0.635. The molecule has 1 unspecified atom stereocenters. The fraction of sp³-hybridized carbons (Fsp3) is 0.125. The van der Waals surface area contributed by atoms with Crippen molar-refractivity contribution >= 4 is 5.78 Å². The maximum Gasteiger partial charge on any atom is 0.194 e. The number of carbonyl (C=O) groups is 1. The smallest absolute Gasteiger partial charge is 0.194 e. The molecule has 0 radical (unpaired) electrons. The molecular formula is C16H10F3NO. The molecule has 0 aliphatic carbocycles. The minimum absolute atomic E-state index is 0.376. The summed E-state index contributed by atoms with van der Waals surface area (Å²) in [4.78, 5) is 12.2. The summed E-state index contributed by atoms with van der Waals surface area (Å²) in [7, 11) is 0. The minimum Gasteiger partial charge on any atom is -0.292 e. The highest BCUT2D eigenvalue weighted by Gasteiger charge is 2.24. The maximum atomic E-state index is 13.2. The van der Waals surface area contributed by atoms with Crippen molar-refractivity contribution in [2.24, 2.45) is 0 Å². The van der Waals surface area contributed by atoms with E-state index in [9.17, 15) is 18.0 Å². The summed E-state index contributed by atoms with van der Waals surface area (Å²) >= 11 is 0. The van der Waals surface area contributed by atoms with Crippen LogP contribution in [0.2, 0.25) is 0 Å². The second-order valence-corrected chi connectivity index (χ2v) is 4.59. The first-order valence-electron chi connectivity index (χ1n) is 6.09. The predicted octanol–water partition coefficient (Wildman–Crippen LogP) is 3.90. The Morgan fingerprint density at radius 1 is 1.14 bits per heavy atom. The van der Waals surface area contributed by atoms with Crippen molar-refractivity contribution in [2.75, 3.05) is 0 Å². The Labute approximate surface area is 119 Å². The summed E-state index contributed by atoms with van der Waals surface area (Å²) in [5.41, 5.74) is 0.893. The Bertz CT molecular complexity index is 726. The number of aryl methyl sites for hydroxylation is 1. The molecule has 2 aromatic rings. The van der Waals surface area contributed by atoms with E-state index < -0.39 is 29.2 Å². The zero-order valence-corrected chi connectivity index (χ0v) is 11.0. The number of hydrogen-bond acceptors (Lipinski definition) is 2. The van der Waals surface area contributed by atoms with Crippen LogP contribution in [-0.2, 0) is 0 Å². The molecule has 0 aliphatic rings. The van der Waals surface area contributed by atoms with E-state index in [-0.39, 0.29) is 5.56 Å². The van der Waals surface area contributed by atoms with Crippen molar-refractivity contribution in [3.8, 4) is 6.07 Å². The van der Waals surface area contributed by atoms with Gasteiger partial charge in [0.2, 0.25) is 0 Å². The van der Waals surface area contributed by atoms with Crippen LogP contribution in [0.4, 0.5) is 13.2 Å². The molecule has 0 fully saturated rings. The summed E-state index contributed by atoms with van der Waals surface area (Å²) in [6.07, 6.45) is 0. The third-order valence-corrected chi connectivity index (χ3v) is 3.04. The van der Waals surface area contributed by atoms with Gasteiger partial charge in [-0.15, -0.1) is 0 Å². The van der Waals surface area contributed by atoms with Crippen LogP contribution in [0.15, 0.2) is 36.4 Å². The first kappa shape index (κ1) is 14.8. The largest absolute Gasteiger partial charge is 0.292 e. The molecule has 0 spiro atoms. The number of ketones is 1. The van der Waals surface area contributed by atoms with Gasteiger partial charge in [0.1, 0.15) is 5.92 Å². The van der Waals surface area contributed by atoms with Gasteiger partial charge >= 0.3 is 0 Å². The molecule has 106 valence electrons. The van der Waals surface area contributed by atoms with Crippen LogP contribution in [0.3, 0.4) is 0 Å². The molecule has 0 heterocycles. The van der Waals surface area contributed by atoms with Gasteiger partial charge in [-0.25, -0.2) is 13.2 Å². The number of nitrogens with zero attached hydrogens (tertiary/aromatic N) is 1. The lowest BCUT2D eigenvalue weighted by molar-refractivity contribution is 0.0977. The first-order valence-corrected chi connectivity index (χ1v) is 6.09. The second kappa shape index (κ2) is 5.80. The van der Waals surface area contributed by atoms with Crippen LogP contribution in [0.25, 0.3) is 0 Å². The van der Waals surface area contributed by atoms with Crippen LogP contribution >= 0.6 is 0 Å². The number of carbonyl (C=O) groups excluding carboxylic acids is 1. The van der Waals surface area contributed by atoms with E-state index in [1.54, 1.807) is 31.2 Å². The summed E-state index contributed by atoms with van der Waals surface area (Å²) in [6.45, 7) is 1.79. The van der Waals surface area contributed by atoms with Gasteiger partial charge < -0.3 is 0 Å². The number of nitriles is 1. The highest BCUT2D eigenvalue weighted by molar-refractivity contribution is 6.02. The van der Waals surface area contributed by atoms with Crippen LogP contribution in [-0.4, -0.2) is 5.78 Å². The molecule has 0 N–H and O–H groups in total. The van der Waals surface area contributed by atoms with Crippen molar-refractivity contribution < 1.29 is 18.0 Å². The molecule has 2 nitrogen and oxygen atoms in total. The number of Topliss-reactive ketones (excluding diaryl/α,β-unsaturated/α-hetero) is 1. The lowest BCUT2D eigenvalue weighted by atomic mass is 9.91. The molecule has 0 saturated carbocycles. The van der Waals surface area contributed by atoms with Crippen LogP contribution in [0.5, 0.6) is 0 Å². The van der Waals surface area contributed by atoms with Gasteiger partial charge in [-0.2, -0.15) is 5.26 Å². The van der Waals surface area contributed by atoms with E-state index in [2.05, 4.69) is 0 Å². The average molecular weight is 289 g/mol. The maximum absolute atomic E-state index is 13.2. The van der Waals surface area contributed by atoms with Gasteiger partial charge in [0, 0.05) is 5.56 Å². The Morgan fingerprint density at radius 3 is 2.29 bits per heavy atom. The van der Waals surface area contributed by atoms with Crippen LogP contribution in [0.1, 0.15) is 27.4 Å². The van der Waals surface area contributed by atoms with E-state index in [1.165, 1.54) is 0 Å². The summed E-state index contributed by atoms with van der Waals surface area (Å²) in [6, 6.07) is 9.69. The summed E-state index contributed by atoms with van der Waals surface area (Å²) in [5, 5.41) is 9.16. The Morgan fingerprint density at radius 2 is 1.76 bits per heavy atom. The first-order chi connectivity index (χ1) is 9.93. The Balaban J connectivity index is 2.45. The summed E-state index contributed by atoms with van der Waals surface area (Å²) in [5.74, 6) is -6.54. The number of hydrogen-bond donors (Lipinski definition) is 0. The van der Waals surface area contributed by atoms with Crippen molar-refractivity contribution in [1.82, 2.24) is 0 Å². The number of benzene rings is 2. The van der Waals surface area contributed by atoms with Crippen molar-refractivity contribution in [1.29, 1.82) is 5.26 Å². The molecular weight excluding hydrogens is 279 g/mol. The molecule has 2 rings (SSSR count). The van der Waals surface area contributed by atoms with Gasteiger partial charge in [0.25, 0.3) is 0 Å². The zero-order valence-electron chi connectivity index (χ0n) is 11.0. The standard InChI is InChI=1S/C16H10F3NO/c1-9-3-2-4-10(5-9)12(8-20)16(21)11-6-13(17)15(19)14(18)7-11/h2-7,12H,1H3. The van der Waals surface area contributed by atoms with E-state index in [1.807, 2.05) is 6.07 Å². The molecule has 5 heteroatoms. The van der Waals surface area contributed by atoms with E-state index >= 15 is 0 Å². The van der Waals surface area contributed by atoms with Gasteiger partial charge in [0.05, 0.1) is 6.07 Å². The molecule has 0 bridgehead atoms. The zero-order chi connectivity index (χ0) is 15.6. The Hall–Kier alpha value is -2.61. The normalized spacial score (nSPS) is 11.8. The molecule has 0 amide bonds. The topological polar surface area (TPSA) is 40.9 Å². The molecule has 2 aromatic carbocycles. The van der Waals surface area contributed by atoms with E-state index in [4.69, 9.17) is 5.26 Å². The SMILES string of the molecule is Cc1cccc(C(C#N)C(=O)c2cc(F)c(F)c(F)c2)c1. The Kier molecular flexibility index (Phi) is 4.08. The highest BCUT2D eigenvalue weighted by atomic mass is 19.2. The van der Waals surface area contributed by atoms with Crippen molar-refractivity contribution in [2.45, 2.75) is 12.8 Å². The number of halogens is 3. The van der Waals surface area contributed by atoms with Gasteiger partial charge in [-0.1, -0.05) is 29.8 Å². The molecule has 0 aliphatic heterocycles. The average Bonchev–Trinajstić information content (AvgIpc) is 2.45. The van der Waals surface area contributed by atoms with E-state index in [0.29, 0.717) is 17.7 Å². The third-order valence-electron chi connectivity index (χ3n) is 3.04. The lowest BCUT2D eigenvalue weighted by Gasteiger charge is -2.10. The van der Waals surface area contributed by atoms with E-state index in [0.717, 1.165) is 5.56 Å². The third kappa shape index (κ3) is 2.95. The monoisotopic (exact) mass is 289 g/mol. The van der Waals surface area contributed by atoms with Gasteiger partial charge in [-0.3, -0.25) is 4.79 Å². The number of rotatable bonds is 3. The van der Waals surface area contributed by atoms with Gasteiger partial charge in [-0.05, 0) is 24.6 Å². The van der Waals surface area contributed by atoms with Crippen LogP contribution < -0.4 is 0 Å². The van der Waals surface area contributed by atoms with Gasteiger partial charge in [0.15, 0.2) is 23.2 Å². The minimum atomic E-state index is -1.64. The van der Waals surface area contributed by atoms with Crippen molar-refractivity contribution in [3.63, 3.8) is 0 Å². The second-order valence-electron chi connectivity index (χ2n) is 4.59. The summed E-state index contributed by atoms with van der Waals surface area (Å²) < 4.78 is 39.3. The molecule has 1 atom stereocenters. The molecule has 21 heavy (non-hydrogen) atoms. The fourth-order valence-corrected chi connectivity index (χ4v) is 2.00. The lowest BCUT2D eigenvalue weighted by Crippen LogP contribution is -2.12. The van der Waals surface area contributed by atoms with Crippen molar-refractivity contribution in [3.05, 3.63) is 70.5 Å². The molecule has 0 aromatic heterocycles.